The van der Waals surface area contributed by atoms with Crippen molar-refractivity contribution < 1.29 is 4.74 Å². The van der Waals surface area contributed by atoms with Crippen LogP contribution in [0.25, 0.3) is 11.0 Å². The molecule has 3 aromatic rings. The molecule has 0 aliphatic rings. The summed E-state index contributed by atoms with van der Waals surface area (Å²) < 4.78 is 5.35. The number of hydrogen-bond donors (Lipinski definition) is 2. The lowest BCUT2D eigenvalue weighted by atomic mass is 10.1. The zero-order valence-electron chi connectivity index (χ0n) is 13.0. The SMILES string of the molecule is COc1ccccc1CNCCc1c[nH]c2ncc(C#N)cc12. The van der Waals surface area contributed by atoms with Crippen molar-refractivity contribution in [3.05, 3.63) is 59.4 Å². The highest BCUT2D eigenvalue weighted by Crippen LogP contribution is 2.19. The minimum absolute atomic E-state index is 0.584. The molecule has 2 N–H and O–H groups in total. The number of aromatic amines is 1. The summed E-state index contributed by atoms with van der Waals surface area (Å²) >= 11 is 0. The van der Waals surface area contributed by atoms with Gasteiger partial charge in [0.2, 0.25) is 0 Å². The average Bonchev–Trinajstić information content (AvgIpc) is 3.01. The Morgan fingerprint density at radius 2 is 2.17 bits per heavy atom. The number of hydrogen-bond acceptors (Lipinski definition) is 4. The molecule has 0 saturated carbocycles. The van der Waals surface area contributed by atoms with Crippen LogP contribution >= 0.6 is 0 Å². The molecule has 0 unspecified atom stereocenters. The minimum atomic E-state index is 0.584. The van der Waals surface area contributed by atoms with Crippen molar-refractivity contribution in [1.82, 2.24) is 15.3 Å². The molecule has 0 bridgehead atoms. The Labute approximate surface area is 134 Å². The van der Waals surface area contributed by atoms with Crippen LogP contribution in [-0.4, -0.2) is 23.6 Å². The van der Waals surface area contributed by atoms with Gasteiger partial charge < -0.3 is 15.0 Å². The predicted molar refractivity (Wildman–Crippen MR) is 89.2 cm³/mol. The molecular weight excluding hydrogens is 288 g/mol. The molecule has 0 saturated heterocycles. The zero-order valence-corrected chi connectivity index (χ0v) is 13.0. The van der Waals surface area contributed by atoms with E-state index in [1.54, 1.807) is 13.3 Å². The molecule has 0 radical (unpaired) electrons. The topological polar surface area (TPSA) is 73.7 Å². The van der Waals surface area contributed by atoms with E-state index in [-0.39, 0.29) is 0 Å². The Balaban J connectivity index is 1.62. The monoisotopic (exact) mass is 306 g/mol. The van der Waals surface area contributed by atoms with Gasteiger partial charge in [0, 0.05) is 29.9 Å². The molecule has 1 aromatic carbocycles. The lowest BCUT2D eigenvalue weighted by Crippen LogP contribution is -2.17. The van der Waals surface area contributed by atoms with Crippen molar-refractivity contribution in [3.63, 3.8) is 0 Å². The molecule has 23 heavy (non-hydrogen) atoms. The van der Waals surface area contributed by atoms with E-state index in [1.165, 1.54) is 0 Å². The predicted octanol–water partition coefficient (Wildman–Crippen LogP) is 2.78. The molecular formula is C18H18N4O. The summed E-state index contributed by atoms with van der Waals surface area (Å²) in [7, 11) is 1.69. The van der Waals surface area contributed by atoms with Crippen LogP contribution in [0.3, 0.4) is 0 Å². The minimum Gasteiger partial charge on any atom is -0.496 e. The number of methoxy groups -OCH3 is 1. The Hall–Kier alpha value is -2.84. The van der Waals surface area contributed by atoms with E-state index in [0.29, 0.717) is 5.56 Å². The van der Waals surface area contributed by atoms with Crippen molar-refractivity contribution in [2.24, 2.45) is 0 Å². The number of nitriles is 1. The van der Waals surface area contributed by atoms with Crippen molar-refractivity contribution in [1.29, 1.82) is 5.26 Å². The molecule has 3 rings (SSSR count). The maximum Gasteiger partial charge on any atom is 0.137 e. The molecule has 0 aliphatic heterocycles. The number of pyridine rings is 1. The number of H-pyrrole nitrogens is 1. The van der Waals surface area contributed by atoms with Crippen LogP contribution in [0, 0.1) is 11.3 Å². The number of rotatable bonds is 6. The third-order valence-corrected chi connectivity index (χ3v) is 3.82. The molecule has 0 spiro atoms. The fourth-order valence-electron chi connectivity index (χ4n) is 2.62. The summed E-state index contributed by atoms with van der Waals surface area (Å²) in [5, 5.41) is 13.4. The lowest BCUT2D eigenvalue weighted by Gasteiger charge is -2.09. The molecule has 0 aliphatic carbocycles. The van der Waals surface area contributed by atoms with Crippen molar-refractivity contribution in [3.8, 4) is 11.8 Å². The summed E-state index contributed by atoms with van der Waals surface area (Å²) in [6.07, 6.45) is 4.41. The van der Waals surface area contributed by atoms with Gasteiger partial charge in [-0.15, -0.1) is 0 Å². The second kappa shape index (κ2) is 6.95. The number of nitrogens with one attached hydrogen (secondary N) is 2. The fraction of sp³-hybridized carbons (Fsp3) is 0.222. The summed E-state index contributed by atoms with van der Waals surface area (Å²) in [5.41, 5.74) is 3.71. The van der Waals surface area contributed by atoms with E-state index < -0.39 is 0 Å². The Morgan fingerprint density at radius 3 is 3.00 bits per heavy atom. The smallest absolute Gasteiger partial charge is 0.137 e. The highest BCUT2D eigenvalue weighted by molar-refractivity contribution is 5.80. The van der Waals surface area contributed by atoms with Crippen LogP contribution in [-0.2, 0) is 13.0 Å². The van der Waals surface area contributed by atoms with Gasteiger partial charge in [0.25, 0.3) is 0 Å². The van der Waals surface area contributed by atoms with Crippen molar-refractivity contribution in [2.75, 3.05) is 13.7 Å². The second-order valence-electron chi connectivity index (χ2n) is 5.28. The van der Waals surface area contributed by atoms with Crippen LogP contribution < -0.4 is 10.1 Å². The molecule has 116 valence electrons. The highest BCUT2D eigenvalue weighted by Gasteiger charge is 2.06. The van der Waals surface area contributed by atoms with Crippen LogP contribution in [0.2, 0.25) is 0 Å². The number of aromatic nitrogens is 2. The zero-order chi connectivity index (χ0) is 16.1. The molecule has 5 heteroatoms. The Kier molecular flexibility index (Phi) is 4.55. The first-order valence-electron chi connectivity index (χ1n) is 7.50. The normalized spacial score (nSPS) is 10.6. The van der Waals surface area contributed by atoms with E-state index in [9.17, 15) is 0 Å². The third-order valence-electron chi connectivity index (χ3n) is 3.82. The summed E-state index contributed by atoms with van der Waals surface area (Å²) in [5.74, 6) is 0.898. The summed E-state index contributed by atoms with van der Waals surface area (Å²) in [6, 6.07) is 12.0. The van der Waals surface area contributed by atoms with Gasteiger partial charge in [-0.2, -0.15) is 5.26 Å². The summed E-state index contributed by atoms with van der Waals surface area (Å²) in [6.45, 7) is 1.59. The number of fused-ring (bicyclic) bond motifs is 1. The van der Waals surface area contributed by atoms with Crippen LogP contribution in [0.1, 0.15) is 16.7 Å². The lowest BCUT2D eigenvalue weighted by molar-refractivity contribution is 0.408. The molecule has 2 heterocycles. The molecule has 0 fully saturated rings. The van der Waals surface area contributed by atoms with Crippen LogP contribution in [0.15, 0.2) is 42.7 Å². The first kappa shape index (κ1) is 15.1. The first-order valence-corrected chi connectivity index (χ1v) is 7.50. The van der Waals surface area contributed by atoms with Gasteiger partial charge in [-0.3, -0.25) is 0 Å². The Morgan fingerprint density at radius 1 is 1.30 bits per heavy atom. The highest BCUT2D eigenvalue weighted by atomic mass is 16.5. The number of nitrogens with zero attached hydrogens (tertiary/aromatic N) is 2. The van der Waals surface area contributed by atoms with E-state index in [2.05, 4.69) is 27.4 Å². The molecule has 0 amide bonds. The van der Waals surface area contributed by atoms with Gasteiger partial charge in [0.1, 0.15) is 17.5 Å². The van der Waals surface area contributed by atoms with Gasteiger partial charge in [-0.25, -0.2) is 4.98 Å². The van der Waals surface area contributed by atoms with Gasteiger partial charge in [0.15, 0.2) is 0 Å². The molecule has 5 nitrogen and oxygen atoms in total. The number of benzene rings is 1. The van der Waals surface area contributed by atoms with E-state index in [1.807, 2.05) is 30.5 Å². The molecule has 0 atom stereocenters. The number of ether oxygens (including phenoxy) is 1. The fourth-order valence-corrected chi connectivity index (χ4v) is 2.62. The quantitative estimate of drug-likeness (QED) is 0.687. The summed E-state index contributed by atoms with van der Waals surface area (Å²) in [4.78, 5) is 7.40. The van der Waals surface area contributed by atoms with Gasteiger partial charge in [0.05, 0.1) is 12.7 Å². The average molecular weight is 306 g/mol. The third kappa shape index (κ3) is 3.33. The maximum absolute atomic E-state index is 8.99. The van der Waals surface area contributed by atoms with E-state index in [4.69, 9.17) is 10.00 Å². The van der Waals surface area contributed by atoms with Crippen molar-refractivity contribution >= 4 is 11.0 Å². The molecule has 2 aromatic heterocycles. The van der Waals surface area contributed by atoms with Gasteiger partial charge >= 0.3 is 0 Å². The first-order chi connectivity index (χ1) is 11.3. The Bertz CT molecular complexity index is 848. The second-order valence-corrected chi connectivity index (χ2v) is 5.28. The van der Waals surface area contributed by atoms with Gasteiger partial charge in [-0.05, 0) is 30.7 Å². The van der Waals surface area contributed by atoms with Gasteiger partial charge in [-0.1, -0.05) is 18.2 Å². The standard InChI is InChI=1S/C18H18N4O/c1-23-17-5-3-2-4-15(17)11-20-7-6-14-12-22-18-16(14)8-13(9-19)10-21-18/h2-5,8,10,12,20H,6-7,11H2,1H3,(H,21,22). The largest absolute Gasteiger partial charge is 0.496 e. The van der Waals surface area contributed by atoms with E-state index >= 15 is 0 Å². The van der Waals surface area contributed by atoms with E-state index in [0.717, 1.165) is 47.4 Å². The van der Waals surface area contributed by atoms with Crippen molar-refractivity contribution in [2.45, 2.75) is 13.0 Å². The number of para-hydroxylation sites is 1. The van der Waals surface area contributed by atoms with Crippen LogP contribution in [0.5, 0.6) is 5.75 Å². The maximum atomic E-state index is 8.99. The van der Waals surface area contributed by atoms with Crippen LogP contribution in [0.4, 0.5) is 0 Å².